The van der Waals surface area contributed by atoms with Crippen LogP contribution in [-0.4, -0.2) is 24.4 Å². The lowest BCUT2D eigenvalue weighted by atomic mass is 9.67. The van der Waals surface area contributed by atoms with Crippen molar-refractivity contribution < 1.29 is 9.84 Å². The molecule has 2 rings (SSSR count). The molecule has 3 nitrogen and oxygen atoms in total. The Morgan fingerprint density at radius 3 is 2.73 bits per heavy atom. The number of nitrogens with two attached hydrogens (primary N) is 1. The first-order valence-corrected chi connectivity index (χ1v) is 5.96. The Kier molecular flexibility index (Phi) is 3.32. The molecule has 1 aliphatic carbocycles. The van der Waals surface area contributed by atoms with Gasteiger partial charge < -0.3 is 15.6 Å². The van der Waals surface area contributed by atoms with E-state index in [1.54, 1.807) is 0 Å². The largest absolute Gasteiger partial charge is 0.501 e. The summed E-state index contributed by atoms with van der Waals surface area (Å²) in [6, 6.07) is 0. The van der Waals surface area contributed by atoms with Crippen molar-refractivity contribution >= 4 is 0 Å². The van der Waals surface area contributed by atoms with Gasteiger partial charge in [-0.15, -0.1) is 0 Å². The number of ether oxygens (including phenoxy) is 1. The predicted molar refractivity (Wildman–Crippen MR) is 59.2 cm³/mol. The highest BCUT2D eigenvalue weighted by atomic mass is 16.5. The lowest BCUT2D eigenvalue weighted by Gasteiger charge is -2.41. The molecule has 3 heteroatoms. The van der Waals surface area contributed by atoms with E-state index in [2.05, 4.69) is 0 Å². The molecule has 0 unspecified atom stereocenters. The molecule has 0 spiro atoms. The fourth-order valence-corrected chi connectivity index (χ4v) is 2.77. The average molecular weight is 211 g/mol. The average Bonchev–Trinajstić information content (AvgIpc) is 2.32. The molecule has 0 atom stereocenters. The van der Waals surface area contributed by atoms with Crippen molar-refractivity contribution in [2.45, 2.75) is 44.6 Å². The van der Waals surface area contributed by atoms with Crippen molar-refractivity contribution in [2.75, 3.05) is 13.2 Å². The highest BCUT2D eigenvalue weighted by Gasteiger charge is 2.37. The van der Waals surface area contributed by atoms with E-state index in [-0.39, 0.29) is 11.5 Å². The summed E-state index contributed by atoms with van der Waals surface area (Å²) in [7, 11) is 0. The summed E-state index contributed by atoms with van der Waals surface area (Å²) in [6.07, 6.45) is 7.83. The predicted octanol–water partition coefficient (Wildman–Crippen LogP) is 1.56. The first-order chi connectivity index (χ1) is 7.27. The number of aliphatic hydroxyl groups is 1. The van der Waals surface area contributed by atoms with Gasteiger partial charge >= 0.3 is 0 Å². The van der Waals surface area contributed by atoms with E-state index in [1.807, 2.05) is 6.26 Å². The zero-order valence-corrected chi connectivity index (χ0v) is 9.24. The minimum absolute atomic E-state index is 0.116. The van der Waals surface area contributed by atoms with Crippen LogP contribution in [0.3, 0.4) is 0 Å². The monoisotopic (exact) mass is 211 g/mol. The summed E-state index contributed by atoms with van der Waals surface area (Å²) in [5.74, 6) is 0. The first-order valence-electron chi connectivity index (χ1n) is 5.96. The van der Waals surface area contributed by atoms with E-state index in [1.165, 1.54) is 5.57 Å². The van der Waals surface area contributed by atoms with E-state index in [9.17, 15) is 5.11 Å². The maximum Gasteiger partial charge on any atom is 0.0876 e. The number of rotatable bonds is 2. The smallest absolute Gasteiger partial charge is 0.0876 e. The molecule has 1 heterocycles. The minimum Gasteiger partial charge on any atom is -0.501 e. The van der Waals surface area contributed by atoms with Gasteiger partial charge in [-0.3, -0.25) is 0 Å². The Labute approximate surface area is 91.3 Å². The molecule has 0 bridgehead atoms. The van der Waals surface area contributed by atoms with Crippen LogP contribution in [0.2, 0.25) is 0 Å². The summed E-state index contributed by atoms with van der Waals surface area (Å²) in [4.78, 5) is 0. The second-order valence-electron chi connectivity index (χ2n) is 4.83. The number of hydrogen-bond acceptors (Lipinski definition) is 3. The number of hydrogen-bond donors (Lipinski definition) is 2. The van der Waals surface area contributed by atoms with Crippen LogP contribution in [0.4, 0.5) is 0 Å². The van der Waals surface area contributed by atoms with Gasteiger partial charge in [-0.2, -0.15) is 0 Å². The van der Waals surface area contributed by atoms with E-state index in [4.69, 9.17) is 10.5 Å². The maximum atomic E-state index is 9.54. The highest BCUT2D eigenvalue weighted by Crippen LogP contribution is 2.44. The van der Waals surface area contributed by atoms with Crippen LogP contribution in [-0.2, 0) is 4.74 Å². The molecule has 1 aliphatic heterocycles. The summed E-state index contributed by atoms with van der Waals surface area (Å²) < 4.78 is 5.41. The van der Waals surface area contributed by atoms with E-state index < -0.39 is 0 Å². The first kappa shape index (κ1) is 11.0. The molecule has 0 amide bonds. The second kappa shape index (κ2) is 4.54. The molecule has 1 fully saturated rings. The molecular formula is C12H21NO2. The highest BCUT2D eigenvalue weighted by molar-refractivity contribution is 5.16. The fourth-order valence-electron chi connectivity index (χ4n) is 2.77. The Balaban J connectivity index is 2.10. The lowest BCUT2D eigenvalue weighted by Crippen LogP contribution is -2.38. The normalized spacial score (nSPS) is 36.9. The summed E-state index contributed by atoms with van der Waals surface area (Å²) in [5.41, 5.74) is 7.44. The quantitative estimate of drug-likeness (QED) is 0.729. The van der Waals surface area contributed by atoms with Crippen molar-refractivity contribution in [3.63, 3.8) is 0 Å². The Morgan fingerprint density at radius 2 is 2.20 bits per heavy atom. The third kappa shape index (κ3) is 2.18. The van der Waals surface area contributed by atoms with Crippen molar-refractivity contribution in [1.29, 1.82) is 0 Å². The van der Waals surface area contributed by atoms with E-state index in [0.29, 0.717) is 6.54 Å². The van der Waals surface area contributed by atoms with Crippen LogP contribution >= 0.6 is 0 Å². The molecule has 0 radical (unpaired) electrons. The fraction of sp³-hybridized carbons (Fsp3) is 0.833. The van der Waals surface area contributed by atoms with Gasteiger partial charge in [0.2, 0.25) is 0 Å². The van der Waals surface area contributed by atoms with Gasteiger partial charge in [0.15, 0.2) is 0 Å². The van der Waals surface area contributed by atoms with Crippen LogP contribution < -0.4 is 5.73 Å². The van der Waals surface area contributed by atoms with E-state index >= 15 is 0 Å². The van der Waals surface area contributed by atoms with Gasteiger partial charge in [0, 0.05) is 12.0 Å². The molecule has 0 saturated heterocycles. The van der Waals surface area contributed by atoms with Gasteiger partial charge in [0.1, 0.15) is 0 Å². The van der Waals surface area contributed by atoms with Crippen LogP contribution in [0.25, 0.3) is 0 Å². The summed E-state index contributed by atoms with van der Waals surface area (Å²) in [5, 5.41) is 9.54. The topological polar surface area (TPSA) is 55.5 Å². The SMILES string of the molecule is NCC1(C2=COCCC2)CCC(O)CC1. The molecule has 0 aromatic heterocycles. The Bertz CT molecular complexity index is 242. The molecule has 1 saturated carbocycles. The second-order valence-corrected chi connectivity index (χ2v) is 4.83. The molecule has 3 N–H and O–H groups in total. The molecule has 15 heavy (non-hydrogen) atoms. The van der Waals surface area contributed by atoms with Crippen LogP contribution in [0.1, 0.15) is 38.5 Å². The summed E-state index contributed by atoms with van der Waals surface area (Å²) >= 11 is 0. The molecular weight excluding hydrogens is 190 g/mol. The van der Waals surface area contributed by atoms with Crippen molar-refractivity contribution in [3.05, 3.63) is 11.8 Å². The van der Waals surface area contributed by atoms with Gasteiger partial charge in [0.25, 0.3) is 0 Å². The van der Waals surface area contributed by atoms with Crippen molar-refractivity contribution in [3.8, 4) is 0 Å². The van der Waals surface area contributed by atoms with Crippen LogP contribution in [0.15, 0.2) is 11.8 Å². The minimum atomic E-state index is -0.116. The van der Waals surface area contributed by atoms with Crippen LogP contribution in [0, 0.1) is 5.41 Å². The molecule has 0 aromatic rings. The van der Waals surface area contributed by atoms with Gasteiger partial charge in [0.05, 0.1) is 19.0 Å². The third-order valence-corrected chi connectivity index (χ3v) is 3.92. The van der Waals surface area contributed by atoms with Gasteiger partial charge in [-0.25, -0.2) is 0 Å². The standard InChI is InChI=1S/C12H21NO2/c13-9-12(5-3-11(14)4-6-12)10-2-1-7-15-8-10/h8,11,14H,1-7,9,13H2. The summed E-state index contributed by atoms with van der Waals surface area (Å²) in [6.45, 7) is 1.53. The lowest BCUT2D eigenvalue weighted by molar-refractivity contribution is 0.0757. The third-order valence-electron chi connectivity index (χ3n) is 3.92. The maximum absolute atomic E-state index is 9.54. The Morgan fingerprint density at radius 1 is 1.47 bits per heavy atom. The van der Waals surface area contributed by atoms with E-state index in [0.717, 1.165) is 45.1 Å². The molecule has 2 aliphatic rings. The Hall–Kier alpha value is -0.540. The molecule has 0 aromatic carbocycles. The number of aliphatic hydroxyl groups excluding tert-OH is 1. The zero-order chi connectivity index (χ0) is 10.7. The van der Waals surface area contributed by atoms with Crippen molar-refractivity contribution in [2.24, 2.45) is 11.1 Å². The van der Waals surface area contributed by atoms with Crippen LogP contribution in [0.5, 0.6) is 0 Å². The van der Waals surface area contributed by atoms with Gasteiger partial charge in [-0.1, -0.05) is 0 Å². The van der Waals surface area contributed by atoms with Gasteiger partial charge in [-0.05, 0) is 44.1 Å². The van der Waals surface area contributed by atoms with Crippen molar-refractivity contribution in [1.82, 2.24) is 0 Å². The molecule has 86 valence electrons. The zero-order valence-electron chi connectivity index (χ0n) is 9.24.